The molecule has 0 aromatic heterocycles. The molecule has 2 aliphatic carbocycles. The van der Waals surface area contributed by atoms with Gasteiger partial charge in [0.25, 0.3) is 5.91 Å². The van der Waals surface area contributed by atoms with E-state index in [1.54, 1.807) is 12.1 Å². The van der Waals surface area contributed by atoms with E-state index in [9.17, 15) is 10.0 Å². The summed E-state index contributed by atoms with van der Waals surface area (Å²) in [6, 6.07) is 3.98. The van der Waals surface area contributed by atoms with Gasteiger partial charge in [-0.3, -0.25) is 15.5 Å². The minimum absolute atomic E-state index is 0.175. The fourth-order valence-electron chi connectivity index (χ4n) is 3.58. The number of nitrogens with one attached hydrogen (secondary N) is 3. The van der Waals surface area contributed by atoms with Crippen LogP contribution >= 0.6 is 11.6 Å². The van der Waals surface area contributed by atoms with Gasteiger partial charge in [0.05, 0.1) is 22.0 Å². The highest BCUT2D eigenvalue weighted by Crippen LogP contribution is 2.32. The van der Waals surface area contributed by atoms with Crippen LogP contribution in [-0.4, -0.2) is 23.2 Å². The van der Waals surface area contributed by atoms with Crippen molar-refractivity contribution >= 4 is 28.9 Å². The van der Waals surface area contributed by atoms with Crippen LogP contribution in [0.2, 0.25) is 5.02 Å². The molecule has 23 heavy (non-hydrogen) atoms. The molecule has 4 N–H and O–H groups in total. The lowest BCUT2D eigenvalue weighted by Crippen LogP contribution is -2.32. The molecule has 2 aliphatic rings. The summed E-state index contributed by atoms with van der Waals surface area (Å²) in [4.78, 5) is 12.4. The standard InChI is InChI=1S/C17H24ClN3O2/c18-14-10-15(19-11-5-1-2-6-11)16(21-23)9-13(14)17(22)20-12-7-3-4-8-12/h9-12,19,21,23H,1-8H2,(H,20,22). The summed E-state index contributed by atoms with van der Waals surface area (Å²) in [5.74, 6) is -0.175. The number of benzene rings is 1. The van der Waals surface area contributed by atoms with Crippen molar-refractivity contribution in [1.82, 2.24) is 5.32 Å². The lowest BCUT2D eigenvalue weighted by molar-refractivity contribution is 0.0938. The molecule has 0 unspecified atom stereocenters. The summed E-state index contributed by atoms with van der Waals surface area (Å²) in [6.07, 6.45) is 9.04. The van der Waals surface area contributed by atoms with E-state index in [1.807, 2.05) is 0 Å². The van der Waals surface area contributed by atoms with E-state index in [4.69, 9.17) is 11.6 Å². The summed E-state index contributed by atoms with van der Waals surface area (Å²) in [5.41, 5.74) is 3.80. The average Bonchev–Trinajstić information content (AvgIpc) is 3.21. The van der Waals surface area contributed by atoms with Crippen molar-refractivity contribution in [1.29, 1.82) is 0 Å². The van der Waals surface area contributed by atoms with Gasteiger partial charge >= 0.3 is 0 Å². The zero-order chi connectivity index (χ0) is 16.2. The van der Waals surface area contributed by atoms with E-state index >= 15 is 0 Å². The lowest BCUT2D eigenvalue weighted by atomic mass is 10.1. The second-order valence-corrected chi connectivity index (χ2v) is 6.98. The van der Waals surface area contributed by atoms with Crippen LogP contribution in [0.25, 0.3) is 0 Å². The molecule has 5 nitrogen and oxygen atoms in total. The van der Waals surface area contributed by atoms with Gasteiger partial charge in [-0.1, -0.05) is 37.3 Å². The van der Waals surface area contributed by atoms with Crippen molar-refractivity contribution in [2.75, 3.05) is 10.8 Å². The molecule has 126 valence electrons. The molecule has 0 heterocycles. The SMILES string of the molecule is O=C(NC1CCCC1)c1cc(NO)c(NC2CCCC2)cc1Cl. The van der Waals surface area contributed by atoms with Crippen molar-refractivity contribution in [3.05, 3.63) is 22.7 Å². The van der Waals surface area contributed by atoms with Gasteiger partial charge in [0.15, 0.2) is 0 Å². The van der Waals surface area contributed by atoms with Crippen LogP contribution in [-0.2, 0) is 0 Å². The summed E-state index contributed by atoms with van der Waals surface area (Å²) >= 11 is 6.31. The van der Waals surface area contributed by atoms with E-state index in [0.29, 0.717) is 22.3 Å². The molecule has 2 fully saturated rings. The average molecular weight is 338 g/mol. The fourth-order valence-corrected chi connectivity index (χ4v) is 3.83. The molecule has 3 rings (SSSR count). The Bertz CT molecular complexity index is 567. The largest absolute Gasteiger partial charge is 0.381 e. The van der Waals surface area contributed by atoms with Gasteiger partial charge < -0.3 is 10.6 Å². The third kappa shape index (κ3) is 3.90. The molecule has 1 aromatic rings. The number of rotatable bonds is 5. The second kappa shape index (κ2) is 7.41. The molecular weight excluding hydrogens is 314 g/mol. The van der Waals surface area contributed by atoms with Crippen molar-refractivity contribution in [3.63, 3.8) is 0 Å². The van der Waals surface area contributed by atoms with Gasteiger partial charge in [-0.2, -0.15) is 0 Å². The number of carbonyl (C=O) groups excluding carboxylic acids is 1. The minimum atomic E-state index is -0.175. The van der Waals surface area contributed by atoms with E-state index in [0.717, 1.165) is 44.2 Å². The Balaban J connectivity index is 1.76. The van der Waals surface area contributed by atoms with Crippen LogP contribution < -0.4 is 16.1 Å². The van der Waals surface area contributed by atoms with Crippen LogP contribution in [0, 0.1) is 0 Å². The summed E-state index contributed by atoms with van der Waals surface area (Å²) < 4.78 is 0. The first-order valence-corrected chi connectivity index (χ1v) is 8.86. The molecule has 1 aromatic carbocycles. The number of hydrogen-bond donors (Lipinski definition) is 4. The van der Waals surface area contributed by atoms with Gasteiger partial charge in [0.1, 0.15) is 0 Å². The monoisotopic (exact) mass is 337 g/mol. The molecule has 0 bridgehead atoms. The van der Waals surface area contributed by atoms with E-state index in [-0.39, 0.29) is 11.9 Å². The normalized spacial score (nSPS) is 19.0. The summed E-state index contributed by atoms with van der Waals surface area (Å²) in [7, 11) is 0. The second-order valence-electron chi connectivity index (χ2n) is 6.57. The Morgan fingerprint density at radius 2 is 1.61 bits per heavy atom. The van der Waals surface area contributed by atoms with Crippen molar-refractivity contribution in [2.45, 2.75) is 63.5 Å². The molecule has 0 saturated heterocycles. The topological polar surface area (TPSA) is 73.4 Å². The molecule has 0 spiro atoms. The third-order valence-electron chi connectivity index (χ3n) is 4.88. The number of hydrogen-bond acceptors (Lipinski definition) is 4. The quantitative estimate of drug-likeness (QED) is 0.608. The molecule has 0 aliphatic heterocycles. The zero-order valence-electron chi connectivity index (χ0n) is 13.2. The van der Waals surface area contributed by atoms with Crippen LogP contribution in [0.15, 0.2) is 12.1 Å². The number of anilines is 2. The first-order valence-electron chi connectivity index (χ1n) is 8.48. The van der Waals surface area contributed by atoms with E-state index < -0.39 is 0 Å². The van der Waals surface area contributed by atoms with Gasteiger partial charge in [-0.05, 0) is 37.8 Å². The molecule has 1 amide bonds. The first kappa shape index (κ1) is 16.4. The Labute approximate surface area is 141 Å². The Morgan fingerprint density at radius 1 is 1.00 bits per heavy atom. The van der Waals surface area contributed by atoms with Crippen molar-refractivity contribution in [2.24, 2.45) is 0 Å². The zero-order valence-corrected chi connectivity index (χ0v) is 14.0. The van der Waals surface area contributed by atoms with Crippen molar-refractivity contribution in [3.8, 4) is 0 Å². The maximum absolute atomic E-state index is 12.4. The maximum atomic E-state index is 12.4. The van der Waals surface area contributed by atoms with Crippen molar-refractivity contribution < 1.29 is 10.0 Å². The fraction of sp³-hybridized carbons (Fsp3) is 0.588. The van der Waals surface area contributed by atoms with Gasteiger partial charge in [-0.25, -0.2) is 0 Å². The predicted molar refractivity (Wildman–Crippen MR) is 92.5 cm³/mol. The number of halogens is 1. The predicted octanol–water partition coefficient (Wildman–Crippen LogP) is 4.17. The van der Waals surface area contributed by atoms with Crippen LogP contribution in [0.5, 0.6) is 0 Å². The van der Waals surface area contributed by atoms with E-state index in [1.165, 1.54) is 12.8 Å². The Morgan fingerprint density at radius 3 is 2.22 bits per heavy atom. The molecule has 0 radical (unpaired) electrons. The molecular formula is C17H24ClN3O2. The first-order chi connectivity index (χ1) is 11.2. The van der Waals surface area contributed by atoms with Crippen LogP contribution in [0.4, 0.5) is 11.4 Å². The van der Waals surface area contributed by atoms with Crippen LogP contribution in [0.1, 0.15) is 61.7 Å². The van der Waals surface area contributed by atoms with Crippen LogP contribution in [0.3, 0.4) is 0 Å². The molecule has 6 heteroatoms. The minimum Gasteiger partial charge on any atom is -0.381 e. The summed E-state index contributed by atoms with van der Waals surface area (Å²) in [5, 5.41) is 16.2. The molecule has 2 saturated carbocycles. The van der Waals surface area contributed by atoms with Gasteiger partial charge in [-0.15, -0.1) is 0 Å². The number of carbonyl (C=O) groups is 1. The Kier molecular flexibility index (Phi) is 5.28. The van der Waals surface area contributed by atoms with E-state index in [2.05, 4.69) is 16.1 Å². The molecule has 0 atom stereocenters. The summed E-state index contributed by atoms with van der Waals surface area (Å²) in [6.45, 7) is 0. The highest BCUT2D eigenvalue weighted by Gasteiger charge is 2.22. The number of amides is 1. The Hall–Kier alpha value is -1.46. The smallest absolute Gasteiger partial charge is 0.253 e. The highest BCUT2D eigenvalue weighted by atomic mass is 35.5. The van der Waals surface area contributed by atoms with Gasteiger partial charge in [0, 0.05) is 12.1 Å². The highest BCUT2D eigenvalue weighted by molar-refractivity contribution is 6.34. The maximum Gasteiger partial charge on any atom is 0.253 e. The van der Waals surface area contributed by atoms with Gasteiger partial charge in [0.2, 0.25) is 0 Å². The lowest BCUT2D eigenvalue weighted by Gasteiger charge is -2.19. The third-order valence-corrected chi connectivity index (χ3v) is 5.19.